The van der Waals surface area contributed by atoms with Gasteiger partial charge in [0.1, 0.15) is 5.75 Å². The van der Waals surface area contributed by atoms with Gasteiger partial charge in [-0.15, -0.1) is 0 Å². The predicted octanol–water partition coefficient (Wildman–Crippen LogP) is 3.17. The number of nitrogens with one attached hydrogen (secondary N) is 1. The largest absolute Gasteiger partial charge is 0.427 e. The minimum Gasteiger partial charge on any atom is -0.427 e. The quantitative estimate of drug-likeness (QED) is 0.319. The summed E-state index contributed by atoms with van der Waals surface area (Å²) in [6.07, 6.45) is 1.80. The number of piperidine rings is 1. The first-order valence-corrected chi connectivity index (χ1v) is 12.5. The monoisotopic (exact) mass is 555 g/mol. The van der Waals surface area contributed by atoms with Gasteiger partial charge in [-0.1, -0.05) is 22.0 Å². The van der Waals surface area contributed by atoms with Crippen LogP contribution in [0.3, 0.4) is 0 Å². The average Bonchev–Trinajstić information content (AvgIpc) is 3.08. The Labute approximate surface area is 216 Å². The van der Waals surface area contributed by atoms with Crippen LogP contribution in [0, 0.1) is 0 Å². The number of imide groups is 1. The van der Waals surface area contributed by atoms with E-state index in [1.807, 2.05) is 0 Å². The van der Waals surface area contributed by atoms with Crippen LogP contribution < -0.4 is 10.1 Å². The Kier molecular flexibility index (Phi) is 7.83. The van der Waals surface area contributed by atoms with E-state index < -0.39 is 5.97 Å². The minimum atomic E-state index is -0.451. The van der Waals surface area contributed by atoms with E-state index in [-0.39, 0.29) is 42.6 Å². The molecule has 2 aromatic carbocycles. The molecule has 10 heteroatoms. The van der Waals surface area contributed by atoms with Crippen LogP contribution in [-0.4, -0.2) is 65.1 Å². The van der Waals surface area contributed by atoms with E-state index in [1.54, 1.807) is 47.4 Å². The van der Waals surface area contributed by atoms with Crippen LogP contribution in [0.1, 0.15) is 63.7 Å². The Morgan fingerprint density at radius 1 is 1.03 bits per heavy atom. The number of carbonyl (C=O) groups excluding carboxylic acids is 5. The predicted molar refractivity (Wildman–Crippen MR) is 134 cm³/mol. The normalized spacial score (nSPS) is 15.6. The molecule has 0 radical (unpaired) electrons. The van der Waals surface area contributed by atoms with Crippen LogP contribution in [0.2, 0.25) is 0 Å². The molecule has 9 nitrogen and oxygen atoms in total. The highest BCUT2D eigenvalue weighted by molar-refractivity contribution is 9.10. The maximum absolute atomic E-state index is 12.8. The van der Waals surface area contributed by atoms with Crippen LogP contribution in [-0.2, 0) is 9.59 Å². The topological polar surface area (TPSA) is 113 Å². The number of benzene rings is 2. The lowest BCUT2D eigenvalue weighted by molar-refractivity contribution is -0.132. The van der Waals surface area contributed by atoms with Gasteiger partial charge in [0.2, 0.25) is 5.91 Å². The van der Waals surface area contributed by atoms with Crippen molar-refractivity contribution in [2.45, 2.75) is 38.6 Å². The van der Waals surface area contributed by atoms with E-state index in [2.05, 4.69) is 21.2 Å². The van der Waals surface area contributed by atoms with E-state index in [9.17, 15) is 24.0 Å². The number of ether oxygens (including phenoxy) is 1. The number of hydrogen-bond donors (Lipinski definition) is 1. The summed E-state index contributed by atoms with van der Waals surface area (Å²) in [7, 11) is 0. The average molecular weight is 556 g/mol. The van der Waals surface area contributed by atoms with Gasteiger partial charge in [-0.3, -0.25) is 28.9 Å². The van der Waals surface area contributed by atoms with Crippen molar-refractivity contribution in [2.24, 2.45) is 0 Å². The fourth-order valence-electron chi connectivity index (χ4n) is 4.43. The van der Waals surface area contributed by atoms with Gasteiger partial charge in [0.25, 0.3) is 17.7 Å². The zero-order valence-corrected chi connectivity index (χ0v) is 21.4. The van der Waals surface area contributed by atoms with Gasteiger partial charge in [-0.05, 0) is 55.7 Å². The molecule has 0 saturated carbocycles. The number of halogens is 1. The Morgan fingerprint density at radius 3 is 2.47 bits per heavy atom. The van der Waals surface area contributed by atoms with E-state index in [0.29, 0.717) is 54.8 Å². The Hall–Kier alpha value is -3.53. The van der Waals surface area contributed by atoms with Gasteiger partial charge >= 0.3 is 5.97 Å². The van der Waals surface area contributed by atoms with Crippen molar-refractivity contribution in [3.05, 3.63) is 63.6 Å². The van der Waals surface area contributed by atoms with Crippen LogP contribution in [0.15, 0.2) is 46.9 Å². The molecule has 0 aromatic heterocycles. The molecule has 0 aliphatic carbocycles. The van der Waals surface area contributed by atoms with Crippen LogP contribution in [0.4, 0.5) is 0 Å². The third-order valence-electron chi connectivity index (χ3n) is 6.21. The molecular formula is C26H26BrN3O6. The summed E-state index contributed by atoms with van der Waals surface area (Å²) in [5.41, 5.74) is 1.20. The van der Waals surface area contributed by atoms with E-state index >= 15 is 0 Å². The molecule has 4 amide bonds. The summed E-state index contributed by atoms with van der Waals surface area (Å²) >= 11 is 3.31. The third-order valence-corrected chi connectivity index (χ3v) is 6.70. The first kappa shape index (κ1) is 25.6. The Morgan fingerprint density at radius 2 is 1.75 bits per heavy atom. The molecule has 1 saturated heterocycles. The van der Waals surface area contributed by atoms with Crippen molar-refractivity contribution < 1.29 is 28.7 Å². The maximum Gasteiger partial charge on any atom is 0.308 e. The Balaban J connectivity index is 1.20. The van der Waals surface area contributed by atoms with Crippen LogP contribution in [0.5, 0.6) is 5.75 Å². The lowest BCUT2D eigenvalue weighted by Gasteiger charge is -2.32. The summed E-state index contributed by atoms with van der Waals surface area (Å²) in [6, 6.07) is 11.4. The van der Waals surface area contributed by atoms with Gasteiger partial charge in [-0.2, -0.15) is 0 Å². The molecule has 2 aliphatic rings. The zero-order chi connectivity index (χ0) is 25.8. The van der Waals surface area contributed by atoms with E-state index in [4.69, 9.17) is 4.74 Å². The standard InChI is InChI=1S/C26H26BrN3O6/c1-16(31)36-20-5-2-4-17(14-20)24(33)29-12-9-19(10-13-29)28-23(32)6-3-11-30-25(34)21-8-7-18(27)15-22(21)26(30)35/h2,4-5,7-8,14-15,19H,3,6,9-13H2,1H3,(H,28,32). The summed E-state index contributed by atoms with van der Waals surface area (Å²) < 4.78 is 5.78. The summed E-state index contributed by atoms with van der Waals surface area (Å²) in [5.74, 6) is -1.10. The number of rotatable bonds is 7. The molecule has 2 aromatic rings. The molecule has 0 bridgehead atoms. The minimum absolute atomic E-state index is 0.0504. The van der Waals surface area contributed by atoms with E-state index in [1.165, 1.54) is 11.8 Å². The SMILES string of the molecule is CC(=O)Oc1cccc(C(=O)N2CCC(NC(=O)CCCN3C(=O)c4ccc(Br)cc4C3=O)CC2)c1. The summed E-state index contributed by atoms with van der Waals surface area (Å²) in [6.45, 7) is 2.46. The molecule has 2 heterocycles. The first-order chi connectivity index (χ1) is 17.2. The molecule has 36 heavy (non-hydrogen) atoms. The second kappa shape index (κ2) is 11.0. The number of fused-ring (bicyclic) bond motifs is 1. The van der Waals surface area contributed by atoms with Gasteiger partial charge < -0.3 is 15.0 Å². The molecular weight excluding hydrogens is 530 g/mol. The summed E-state index contributed by atoms with van der Waals surface area (Å²) in [5, 5.41) is 2.99. The number of hydrogen-bond acceptors (Lipinski definition) is 6. The van der Waals surface area contributed by atoms with Crippen molar-refractivity contribution in [3.63, 3.8) is 0 Å². The molecule has 1 N–H and O–H groups in total. The van der Waals surface area contributed by atoms with Crippen molar-refractivity contribution in [2.75, 3.05) is 19.6 Å². The van der Waals surface area contributed by atoms with Gasteiger partial charge in [-0.25, -0.2) is 0 Å². The highest BCUT2D eigenvalue weighted by Gasteiger charge is 2.35. The van der Waals surface area contributed by atoms with Crippen molar-refractivity contribution >= 4 is 45.5 Å². The van der Waals surface area contributed by atoms with Gasteiger partial charge in [0, 0.05) is 49.1 Å². The first-order valence-electron chi connectivity index (χ1n) is 11.8. The fourth-order valence-corrected chi connectivity index (χ4v) is 4.79. The van der Waals surface area contributed by atoms with Crippen molar-refractivity contribution in [1.82, 2.24) is 15.1 Å². The second-order valence-electron chi connectivity index (χ2n) is 8.81. The molecule has 4 rings (SSSR count). The number of carbonyl (C=O) groups is 5. The number of amides is 4. The highest BCUT2D eigenvalue weighted by Crippen LogP contribution is 2.26. The van der Waals surface area contributed by atoms with Crippen LogP contribution >= 0.6 is 15.9 Å². The molecule has 0 unspecified atom stereocenters. The van der Waals surface area contributed by atoms with E-state index in [0.717, 1.165) is 4.47 Å². The van der Waals surface area contributed by atoms with Crippen LogP contribution in [0.25, 0.3) is 0 Å². The van der Waals surface area contributed by atoms with Gasteiger partial charge in [0.05, 0.1) is 11.1 Å². The van der Waals surface area contributed by atoms with Crippen molar-refractivity contribution in [1.29, 1.82) is 0 Å². The highest BCUT2D eigenvalue weighted by atomic mass is 79.9. The smallest absolute Gasteiger partial charge is 0.308 e. The van der Waals surface area contributed by atoms with Gasteiger partial charge in [0.15, 0.2) is 0 Å². The zero-order valence-electron chi connectivity index (χ0n) is 19.8. The number of esters is 1. The molecule has 0 spiro atoms. The molecule has 1 fully saturated rings. The molecule has 2 aliphatic heterocycles. The maximum atomic E-state index is 12.8. The fraction of sp³-hybridized carbons (Fsp3) is 0.346. The second-order valence-corrected chi connectivity index (χ2v) is 9.73. The number of likely N-dealkylation sites (tertiary alicyclic amines) is 1. The molecule has 0 atom stereocenters. The van der Waals surface area contributed by atoms with Crippen molar-refractivity contribution in [3.8, 4) is 5.75 Å². The third kappa shape index (κ3) is 5.81. The lowest BCUT2D eigenvalue weighted by Crippen LogP contribution is -2.46. The Bertz CT molecular complexity index is 1220. The number of nitrogens with zero attached hydrogens (tertiary/aromatic N) is 2. The lowest BCUT2D eigenvalue weighted by atomic mass is 10.0. The molecule has 188 valence electrons. The summed E-state index contributed by atoms with van der Waals surface area (Å²) in [4.78, 5) is 64.4.